The molecule has 6 heteroatoms. The number of amides is 2. The van der Waals surface area contributed by atoms with Gasteiger partial charge in [-0.05, 0) is 61.6 Å². The molecule has 1 aliphatic heterocycles. The number of carbonyl (C=O) groups is 1. The number of aliphatic hydroxyl groups is 1. The van der Waals surface area contributed by atoms with Crippen LogP contribution >= 0.6 is 15.9 Å². The summed E-state index contributed by atoms with van der Waals surface area (Å²) in [6, 6.07) is 14.3. The van der Waals surface area contributed by atoms with Crippen molar-refractivity contribution in [1.82, 2.24) is 9.80 Å². The van der Waals surface area contributed by atoms with Crippen molar-refractivity contribution in [2.24, 2.45) is 0 Å². The van der Waals surface area contributed by atoms with E-state index in [0.717, 1.165) is 22.0 Å². The second-order valence-electron chi connectivity index (χ2n) is 7.38. The molecule has 1 N–H and O–H groups in total. The maximum atomic E-state index is 13.5. The van der Waals surface area contributed by atoms with Gasteiger partial charge in [-0.3, -0.25) is 0 Å². The van der Waals surface area contributed by atoms with E-state index in [1.165, 1.54) is 12.1 Å². The minimum Gasteiger partial charge on any atom is -0.396 e. The second kappa shape index (κ2) is 8.62. The minimum absolute atomic E-state index is 0.0490. The van der Waals surface area contributed by atoms with Gasteiger partial charge in [-0.15, -0.1) is 0 Å². The molecule has 0 aromatic heterocycles. The zero-order valence-electron chi connectivity index (χ0n) is 16.2. The zero-order chi connectivity index (χ0) is 20.3. The first kappa shape index (κ1) is 20.8. The van der Waals surface area contributed by atoms with E-state index in [2.05, 4.69) is 15.9 Å². The van der Waals surface area contributed by atoms with Gasteiger partial charge in [-0.25, -0.2) is 9.18 Å². The Morgan fingerprint density at radius 1 is 1.18 bits per heavy atom. The Hall–Kier alpha value is -1.92. The predicted molar refractivity (Wildman–Crippen MR) is 111 cm³/mol. The predicted octanol–water partition coefficient (Wildman–Crippen LogP) is 5.07. The molecule has 2 aromatic carbocycles. The van der Waals surface area contributed by atoms with Crippen LogP contribution < -0.4 is 0 Å². The smallest absolute Gasteiger partial charge is 0.320 e. The molecule has 0 unspecified atom stereocenters. The molecule has 1 aliphatic rings. The largest absolute Gasteiger partial charge is 0.396 e. The molecule has 0 bridgehead atoms. The first-order chi connectivity index (χ1) is 13.4. The van der Waals surface area contributed by atoms with Crippen LogP contribution in [0.3, 0.4) is 0 Å². The number of hydrogen-bond acceptors (Lipinski definition) is 2. The molecule has 2 atom stereocenters. The Labute approximate surface area is 174 Å². The normalized spacial score (nSPS) is 21.1. The summed E-state index contributed by atoms with van der Waals surface area (Å²) >= 11 is 3.45. The van der Waals surface area contributed by atoms with Crippen molar-refractivity contribution in [3.63, 3.8) is 0 Å². The third-order valence-corrected chi connectivity index (χ3v) is 6.42. The van der Waals surface area contributed by atoms with E-state index in [-0.39, 0.29) is 24.5 Å². The fraction of sp³-hybridized carbons (Fsp3) is 0.409. The van der Waals surface area contributed by atoms with Gasteiger partial charge in [0.05, 0.1) is 11.6 Å². The summed E-state index contributed by atoms with van der Waals surface area (Å²) in [6.45, 7) is 2.70. The number of hydrogen-bond donors (Lipinski definition) is 1. The van der Waals surface area contributed by atoms with Crippen molar-refractivity contribution < 1.29 is 14.3 Å². The van der Waals surface area contributed by atoms with Crippen LogP contribution in [0.1, 0.15) is 43.4 Å². The Morgan fingerprint density at radius 2 is 1.82 bits per heavy atom. The number of urea groups is 1. The van der Waals surface area contributed by atoms with Gasteiger partial charge in [0.15, 0.2) is 0 Å². The molecule has 2 amide bonds. The number of nitrogens with zero attached hydrogens (tertiary/aromatic N) is 2. The summed E-state index contributed by atoms with van der Waals surface area (Å²) in [6.07, 6.45) is 1.94. The van der Waals surface area contributed by atoms with Crippen molar-refractivity contribution in [3.05, 3.63) is 69.9 Å². The summed E-state index contributed by atoms with van der Waals surface area (Å²) in [5.74, 6) is -0.295. The maximum absolute atomic E-state index is 13.5. The molecule has 4 nitrogen and oxygen atoms in total. The molecular weight excluding hydrogens is 423 g/mol. The molecule has 150 valence electrons. The van der Waals surface area contributed by atoms with Crippen LogP contribution in [-0.4, -0.2) is 41.1 Å². The van der Waals surface area contributed by atoms with E-state index < -0.39 is 5.54 Å². The fourth-order valence-corrected chi connectivity index (χ4v) is 4.40. The Balaban J connectivity index is 1.89. The quantitative estimate of drug-likeness (QED) is 0.669. The van der Waals surface area contributed by atoms with E-state index in [0.29, 0.717) is 19.4 Å². The molecule has 0 saturated carbocycles. The lowest BCUT2D eigenvalue weighted by molar-refractivity contribution is 0.0321. The molecule has 0 aliphatic carbocycles. The maximum Gasteiger partial charge on any atom is 0.320 e. The molecule has 0 radical (unpaired) electrons. The third kappa shape index (κ3) is 3.94. The third-order valence-electron chi connectivity index (χ3n) is 5.89. The van der Waals surface area contributed by atoms with Crippen LogP contribution in [-0.2, 0) is 5.54 Å². The highest BCUT2D eigenvalue weighted by atomic mass is 79.9. The number of rotatable bonds is 6. The lowest BCUT2D eigenvalue weighted by atomic mass is 9.79. The summed E-state index contributed by atoms with van der Waals surface area (Å²) in [5.41, 5.74) is 1.45. The van der Waals surface area contributed by atoms with Crippen LogP contribution in [0.2, 0.25) is 0 Å². The monoisotopic (exact) mass is 448 g/mol. The Morgan fingerprint density at radius 3 is 2.43 bits per heavy atom. The van der Waals surface area contributed by atoms with Crippen LogP contribution in [0.15, 0.2) is 53.0 Å². The first-order valence-electron chi connectivity index (χ1n) is 9.56. The van der Waals surface area contributed by atoms with E-state index in [4.69, 9.17) is 0 Å². The number of carbonyl (C=O) groups excluding carboxylic acids is 1. The minimum atomic E-state index is -0.538. The van der Waals surface area contributed by atoms with Crippen molar-refractivity contribution >= 4 is 22.0 Å². The summed E-state index contributed by atoms with van der Waals surface area (Å²) in [7, 11) is 1.81. The topological polar surface area (TPSA) is 43.8 Å². The van der Waals surface area contributed by atoms with Gasteiger partial charge < -0.3 is 14.9 Å². The van der Waals surface area contributed by atoms with Crippen LogP contribution in [0.25, 0.3) is 0 Å². The average Bonchev–Trinajstić information content (AvgIpc) is 2.70. The lowest BCUT2D eigenvalue weighted by Crippen LogP contribution is -2.59. The van der Waals surface area contributed by atoms with Crippen molar-refractivity contribution in [3.8, 4) is 0 Å². The van der Waals surface area contributed by atoms with E-state index >= 15 is 0 Å². The Kier molecular flexibility index (Phi) is 6.40. The molecule has 0 spiro atoms. The highest BCUT2D eigenvalue weighted by Crippen LogP contribution is 2.41. The van der Waals surface area contributed by atoms with Gasteiger partial charge in [0.2, 0.25) is 0 Å². The highest BCUT2D eigenvalue weighted by Gasteiger charge is 2.45. The van der Waals surface area contributed by atoms with Gasteiger partial charge >= 0.3 is 6.03 Å². The van der Waals surface area contributed by atoms with Gasteiger partial charge in [-0.2, -0.15) is 0 Å². The lowest BCUT2D eigenvalue weighted by Gasteiger charge is -2.50. The van der Waals surface area contributed by atoms with Crippen LogP contribution in [0.4, 0.5) is 9.18 Å². The summed E-state index contributed by atoms with van der Waals surface area (Å²) in [4.78, 5) is 17.0. The van der Waals surface area contributed by atoms with E-state index in [9.17, 15) is 14.3 Å². The highest BCUT2D eigenvalue weighted by molar-refractivity contribution is 9.10. The molecular formula is C22H26BrFN2O2. The van der Waals surface area contributed by atoms with Crippen LogP contribution in [0.5, 0.6) is 0 Å². The molecule has 1 fully saturated rings. The second-order valence-corrected chi connectivity index (χ2v) is 8.29. The van der Waals surface area contributed by atoms with Crippen LogP contribution in [0, 0.1) is 5.82 Å². The molecule has 1 saturated heterocycles. The standard InChI is InChI=1S/C22H26BrFN2O2/c1-16(17-4-8-19(23)9-5-17)26-14-13-22(12-3-15-27,25(2)21(26)28)18-6-10-20(24)11-7-18/h4-11,16,27H,3,12-15H2,1-2H3/t16-,22+/m0/s1. The summed E-state index contributed by atoms with van der Waals surface area (Å²) < 4.78 is 14.5. The van der Waals surface area contributed by atoms with Gasteiger partial charge in [0, 0.05) is 24.7 Å². The average molecular weight is 449 g/mol. The van der Waals surface area contributed by atoms with Crippen molar-refractivity contribution in [2.75, 3.05) is 20.2 Å². The summed E-state index contributed by atoms with van der Waals surface area (Å²) in [5, 5.41) is 9.39. The fourth-order valence-electron chi connectivity index (χ4n) is 4.13. The molecule has 1 heterocycles. The van der Waals surface area contributed by atoms with Gasteiger partial charge in [0.1, 0.15) is 5.82 Å². The number of benzene rings is 2. The van der Waals surface area contributed by atoms with Gasteiger partial charge in [0.25, 0.3) is 0 Å². The molecule has 28 heavy (non-hydrogen) atoms. The SMILES string of the molecule is C[C@@H](c1ccc(Br)cc1)N1CC[C@](CCCO)(c2ccc(F)cc2)N(C)C1=O. The van der Waals surface area contributed by atoms with E-state index in [1.807, 2.05) is 43.1 Å². The van der Waals surface area contributed by atoms with E-state index in [1.54, 1.807) is 17.0 Å². The van der Waals surface area contributed by atoms with Crippen molar-refractivity contribution in [1.29, 1.82) is 0 Å². The zero-order valence-corrected chi connectivity index (χ0v) is 17.8. The number of halogens is 2. The molecule has 3 rings (SSSR count). The Bertz CT molecular complexity index is 812. The van der Waals surface area contributed by atoms with Crippen molar-refractivity contribution in [2.45, 2.75) is 37.8 Å². The first-order valence-corrected chi connectivity index (χ1v) is 10.3. The molecule has 2 aromatic rings. The van der Waals surface area contributed by atoms with Gasteiger partial charge in [-0.1, -0.05) is 40.2 Å². The number of aliphatic hydroxyl groups excluding tert-OH is 1.